The summed E-state index contributed by atoms with van der Waals surface area (Å²) in [6.45, 7) is 8.48. The lowest BCUT2D eigenvalue weighted by atomic mass is 9.94. The summed E-state index contributed by atoms with van der Waals surface area (Å²) in [6.07, 6.45) is 1.30. The van der Waals surface area contributed by atoms with E-state index in [1.165, 1.54) is 0 Å². The summed E-state index contributed by atoms with van der Waals surface area (Å²) in [5, 5.41) is 10.8. The molecular formula is C16H25NO2. The fraction of sp³-hybridized carbons (Fsp3) is 0.625. The smallest absolute Gasteiger partial charge is 0.0994 e. The minimum absolute atomic E-state index is 0.245. The summed E-state index contributed by atoms with van der Waals surface area (Å²) < 4.78 is 5.71. The van der Waals surface area contributed by atoms with E-state index in [2.05, 4.69) is 18.7 Å². The van der Waals surface area contributed by atoms with E-state index in [9.17, 15) is 5.11 Å². The molecule has 0 aliphatic carbocycles. The molecule has 1 saturated heterocycles. The third kappa shape index (κ3) is 3.56. The van der Waals surface area contributed by atoms with Crippen molar-refractivity contribution in [1.29, 1.82) is 0 Å². The Morgan fingerprint density at radius 2 is 2.05 bits per heavy atom. The van der Waals surface area contributed by atoms with Gasteiger partial charge < -0.3 is 9.84 Å². The average molecular weight is 263 g/mol. The van der Waals surface area contributed by atoms with Gasteiger partial charge in [-0.15, -0.1) is 0 Å². The molecule has 0 aromatic heterocycles. The predicted octanol–water partition coefficient (Wildman–Crippen LogP) is 2.39. The molecule has 1 fully saturated rings. The van der Waals surface area contributed by atoms with E-state index in [1.54, 1.807) is 0 Å². The van der Waals surface area contributed by atoms with Crippen molar-refractivity contribution in [2.45, 2.75) is 44.9 Å². The zero-order chi connectivity index (χ0) is 13.9. The van der Waals surface area contributed by atoms with Gasteiger partial charge in [0, 0.05) is 19.1 Å². The van der Waals surface area contributed by atoms with Crippen LogP contribution in [0.5, 0.6) is 0 Å². The molecule has 1 aliphatic rings. The van der Waals surface area contributed by atoms with E-state index in [4.69, 9.17) is 4.74 Å². The van der Waals surface area contributed by atoms with E-state index in [1.807, 2.05) is 37.3 Å². The van der Waals surface area contributed by atoms with E-state index in [0.717, 1.165) is 25.1 Å². The topological polar surface area (TPSA) is 32.7 Å². The number of hydrogen-bond acceptors (Lipinski definition) is 3. The first-order valence-electron chi connectivity index (χ1n) is 7.16. The first-order chi connectivity index (χ1) is 9.03. The van der Waals surface area contributed by atoms with Crippen LogP contribution in [0.2, 0.25) is 0 Å². The Morgan fingerprint density at radius 3 is 2.68 bits per heavy atom. The molecule has 1 N–H and O–H groups in total. The lowest BCUT2D eigenvalue weighted by molar-refractivity contribution is -0.0863. The lowest BCUT2D eigenvalue weighted by Gasteiger charge is -2.41. The molecule has 19 heavy (non-hydrogen) atoms. The molecule has 106 valence electrons. The summed E-state index contributed by atoms with van der Waals surface area (Å²) in [5.74, 6) is 0. The molecule has 1 aromatic rings. The van der Waals surface area contributed by atoms with Gasteiger partial charge in [-0.1, -0.05) is 37.3 Å². The van der Waals surface area contributed by atoms with Crippen LogP contribution in [0, 0.1) is 0 Å². The molecule has 3 nitrogen and oxygen atoms in total. The zero-order valence-electron chi connectivity index (χ0n) is 12.2. The van der Waals surface area contributed by atoms with Crippen molar-refractivity contribution in [2.24, 2.45) is 0 Å². The number of rotatable bonds is 4. The van der Waals surface area contributed by atoms with Gasteiger partial charge in [0.25, 0.3) is 0 Å². The summed E-state index contributed by atoms with van der Waals surface area (Å²) in [5.41, 5.74) is 0.162. The molecule has 1 heterocycles. The fourth-order valence-corrected chi connectivity index (χ4v) is 2.77. The fourth-order valence-electron chi connectivity index (χ4n) is 2.77. The summed E-state index contributed by atoms with van der Waals surface area (Å²) in [7, 11) is 0. The number of β-amino-alcohol motifs (C(OH)–C–C–N with tert-alkyl or cyclic N) is 1. The molecule has 3 unspecified atom stereocenters. The third-order valence-corrected chi connectivity index (χ3v) is 3.96. The monoisotopic (exact) mass is 263 g/mol. The Kier molecular flexibility index (Phi) is 4.61. The normalized spacial score (nSPS) is 28.0. The van der Waals surface area contributed by atoms with Gasteiger partial charge in [-0.25, -0.2) is 0 Å². The van der Waals surface area contributed by atoms with Crippen LogP contribution in [0.4, 0.5) is 0 Å². The van der Waals surface area contributed by atoms with Crippen LogP contribution >= 0.6 is 0 Å². The van der Waals surface area contributed by atoms with Crippen molar-refractivity contribution in [3.8, 4) is 0 Å². The highest BCUT2D eigenvalue weighted by atomic mass is 16.5. The standard InChI is InChI=1S/C16H25NO2/c1-4-15-11-19-13(2)10-17(15)12-16(3,18)14-8-6-5-7-9-14/h5-9,13,15,18H,4,10-12H2,1-3H3. The maximum absolute atomic E-state index is 10.8. The van der Waals surface area contributed by atoms with Crippen molar-refractivity contribution in [3.05, 3.63) is 35.9 Å². The Bertz CT molecular complexity index is 391. The molecule has 3 heteroatoms. The molecule has 0 spiro atoms. The first-order valence-corrected chi connectivity index (χ1v) is 7.16. The van der Waals surface area contributed by atoms with Crippen molar-refractivity contribution in [1.82, 2.24) is 4.90 Å². The summed E-state index contributed by atoms with van der Waals surface area (Å²) >= 11 is 0. The average Bonchev–Trinajstić information content (AvgIpc) is 2.39. The molecule has 3 atom stereocenters. The number of hydrogen-bond donors (Lipinski definition) is 1. The maximum atomic E-state index is 10.8. The molecular weight excluding hydrogens is 238 g/mol. The summed E-state index contributed by atoms with van der Waals surface area (Å²) in [6, 6.07) is 10.3. The van der Waals surface area contributed by atoms with E-state index in [0.29, 0.717) is 12.6 Å². The molecule has 1 aromatic carbocycles. The van der Waals surface area contributed by atoms with Gasteiger partial charge in [-0.3, -0.25) is 4.90 Å². The van der Waals surface area contributed by atoms with Crippen LogP contribution in [-0.4, -0.2) is 41.8 Å². The number of ether oxygens (including phenoxy) is 1. The molecule has 1 aliphatic heterocycles. The molecule has 0 amide bonds. The minimum atomic E-state index is -0.814. The second-order valence-electron chi connectivity index (χ2n) is 5.78. The number of benzene rings is 1. The highest BCUT2D eigenvalue weighted by molar-refractivity contribution is 5.21. The van der Waals surface area contributed by atoms with Gasteiger partial charge in [-0.05, 0) is 25.8 Å². The van der Waals surface area contributed by atoms with Crippen molar-refractivity contribution in [3.63, 3.8) is 0 Å². The molecule has 0 radical (unpaired) electrons. The molecule has 0 bridgehead atoms. The van der Waals surface area contributed by atoms with Crippen molar-refractivity contribution >= 4 is 0 Å². The Labute approximate surface area is 116 Å². The van der Waals surface area contributed by atoms with Crippen LogP contribution < -0.4 is 0 Å². The van der Waals surface area contributed by atoms with Crippen LogP contribution in [0.1, 0.15) is 32.8 Å². The Morgan fingerprint density at radius 1 is 1.37 bits per heavy atom. The zero-order valence-corrected chi connectivity index (χ0v) is 12.2. The summed E-state index contributed by atoms with van der Waals surface area (Å²) in [4.78, 5) is 2.36. The first kappa shape index (κ1) is 14.5. The van der Waals surface area contributed by atoms with Crippen LogP contribution in [0.25, 0.3) is 0 Å². The molecule has 2 rings (SSSR count). The second kappa shape index (κ2) is 6.04. The number of morpholine rings is 1. The van der Waals surface area contributed by atoms with Gasteiger partial charge in [-0.2, -0.15) is 0 Å². The van der Waals surface area contributed by atoms with Crippen LogP contribution in [0.15, 0.2) is 30.3 Å². The highest BCUT2D eigenvalue weighted by Crippen LogP contribution is 2.25. The van der Waals surface area contributed by atoms with Crippen molar-refractivity contribution in [2.75, 3.05) is 19.7 Å². The van der Waals surface area contributed by atoms with Crippen LogP contribution in [-0.2, 0) is 10.3 Å². The highest BCUT2D eigenvalue weighted by Gasteiger charge is 2.32. The second-order valence-corrected chi connectivity index (χ2v) is 5.78. The molecule has 0 saturated carbocycles. The van der Waals surface area contributed by atoms with Gasteiger partial charge in [0.2, 0.25) is 0 Å². The maximum Gasteiger partial charge on any atom is 0.0994 e. The van der Waals surface area contributed by atoms with Crippen LogP contribution in [0.3, 0.4) is 0 Å². The Hall–Kier alpha value is -0.900. The van der Waals surface area contributed by atoms with E-state index < -0.39 is 5.60 Å². The number of nitrogens with zero attached hydrogens (tertiary/aromatic N) is 1. The van der Waals surface area contributed by atoms with E-state index in [-0.39, 0.29) is 6.10 Å². The number of aliphatic hydroxyl groups is 1. The van der Waals surface area contributed by atoms with Gasteiger partial charge in [0.05, 0.1) is 18.3 Å². The van der Waals surface area contributed by atoms with E-state index >= 15 is 0 Å². The predicted molar refractivity (Wildman–Crippen MR) is 77.1 cm³/mol. The van der Waals surface area contributed by atoms with Gasteiger partial charge >= 0.3 is 0 Å². The quantitative estimate of drug-likeness (QED) is 0.905. The van der Waals surface area contributed by atoms with Gasteiger partial charge in [0.15, 0.2) is 0 Å². The lowest BCUT2D eigenvalue weighted by Crippen LogP contribution is -2.52. The van der Waals surface area contributed by atoms with Gasteiger partial charge in [0.1, 0.15) is 0 Å². The SMILES string of the molecule is CCC1COC(C)CN1CC(C)(O)c1ccccc1. The van der Waals surface area contributed by atoms with Crippen molar-refractivity contribution < 1.29 is 9.84 Å². The minimum Gasteiger partial charge on any atom is -0.384 e. The third-order valence-electron chi connectivity index (χ3n) is 3.96. The largest absolute Gasteiger partial charge is 0.384 e. The Balaban J connectivity index is 2.09.